The number of rotatable bonds is 4. The van der Waals surface area contributed by atoms with Crippen molar-refractivity contribution in [3.8, 4) is 0 Å². The Bertz CT molecular complexity index is 711. The second kappa shape index (κ2) is 4.41. The molecule has 1 heterocycles. The lowest BCUT2D eigenvalue weighted by Crippen LogP contribution is -2.25. The first-order chi connectivity index (χ1) is 10.8. The van der Waals surface area contributed by atoms with Crippen LogP contribution in [0.15, 0.2) is 36.5 Å². The van der Waals surface area contributed by atoms with Crippen LogP contribution in [0.4, 0.5) is 5.82 Å². The van der Waals surface area contributed by atoms with Crippen molar-refractivity contribution in [3.63, 3.8) is 0 Å². The number of amides is 1. The molecule has 0 radical (unpaired) electrons. The Kier molecular flexibility index (Phi) is 2.48. The van der Waals surface area contributed by atoms with Crippen molar-refractivity contribution in [2.24, 2.45) is 29.6 Å². The second-order valence-electron chi connectivity index (χ2n) is 6.94. The molecule has 4 bridgehead atoms. The Morgan fingerprint density at radius 1 is 1.23 bits per heavy atom. The molecular formula is C17H18N4O. The maximum atomic E-state index is 12.5. The molecule has 22 heavy (non-hydrogen) atoms. The molecule has 6 rings (SSSR count). The normalized spacial score (nSPS) is 33.9. The number of aromatic nitrogens is 3. The molecule has 5 heteroatoms. The highest BCUT2D eigenvalue weighted by atomic mass is 16.2. The molecule has 5 nitrogen and oxygen atoms in total. The molecule has 112 valence electrons. The van der Waals surface area contributed by atoms with Crippen LogP contribution in [-0.2, 0) is 11.3 Å². The summed E-state index contributed by atoms with van der Waals surface area (Å²) in [4.78, 5) is 12.5. The summed E-state index contributed by atoms with van der Waals surface area (Å²) in [5.41, 5.74) is 1.17. The van der Waals surface area contributed by atoms with Gasteiger partial charge < -0.3 is 5.32 Å². The lowest BCUT2D eigenvalue weighted by Gasteiger charge is -2.12. The smallest absolute Gasteiger partial charge is 0.229 e. The van der Waals surface area contributed by atoms with Crippen molar-refractivity contribution in [2.45, 2.75) is 19.4 Å². The number of nitrogens with zero attached hydrogens (tertiary/aromatic N) is 3. The summed E-state index contributed by atoms with van der Waals surface area (Å²) in [6, 6.07) is 10.1. The number of anilines is 1. The largest absolute Gasteiger partial charge is 0.308 e. The second-order valence-corrected chi connectivity index (χ2v) is 6.94. The maximum absolute atomic E-state index is 12.5. The van der Waals surface area contributed by atoms with Gasteiger partial charge in [0.05, 0.1) is 12.7 Å². The van der Waals surface area contributed by atoms with E-state index in [1.165, 1.54) is 18.4 Å². The quantitative estimate of drug-likeness (QED) is 0.940. The van der Waals surface area contributed by atoms with Crippen LogP contribution in [0.1, 0.15) is 18.4 Å². The lowest BCUT2D eigenvalue weighted by atomic mass is 9.97. The predicted molar refractivity (Wildman–Crippen MR) is 80.9 cm³/mol. The van der Waals surface area contributed by atoms with Crippen molar-refractivity contribution in [2.75, 3.05) is 5.32 Å². The van der Waals surface area contributed by atoms with E-state index in [1.807, 2.05) is 24.4 Å². The minimum Gasteiger partial charge on any atom is -0.308 e. The standard InChI is InChI=1S/C17H18N4O/c22-17(15-11-6-12-13(7-11)16(12)15)18-14-9-21(20-19-14)8-10-4-2-1-3-5-10/h1-5,9,11-13,15-16H,6-8H2,(H,18,22). The molecule has 1 amide bonds. The molecule has 4 fully saturated rings. The molecule has 3 unspecified atom stereocenters. The van der Waals surface area contributed by atoms with Crippen LogP contribution >= 0.6 is 0 Å². The van der Waals surface area contributed by atoms with Gasteiger partial charge >= 0.3 is 0 Å². The fraction of sp³-hybridized carbons (Fsp3) is 0.471. The van der Waals surface area contributed by atoms with Gasteiger partial charge in [-0.15, -0.1) is 5.10 Å². The molecule has 1 aromatic heterocycles. The van der Waals surface area contributed by atoms with Gasteiger partial charge in [-0.05, 0) is 42.1 Å². The first kappa shape index (κ1) is 12.4. The molecule has 0 aliphatic heterocycles. The maximum Gasteiger partial charge on any atom is 0.229 e. The van der Waals surface area contributed by atoms with E-state index in [0.29, 0.717) is 24.2 Å². The van der Waals surface area contributed by atoms with Crippen molar-refractivity contribution < 1.29 is 4.79 Å². The van der Waals surface area contributed by atoms with Crippen molar-refractivity contribution >= 4 is 11.7 Å². The van der Waals surface area contributed by atoms with E-state index in [2.05, 4.69) is 27.8 Å². The molecule has 4 saturated carbocycles. The van der Waals surface area contributed by atoms with Crippen LogP contribution in [0.25, 0.3) is 0 Å². The zero-order valence-corrected chi connectivity index (χ0v) is 12.2. The molecule has 3 atom stereocenters. The lowest BCUT2D eigenvalue weighted by molar-refractivity contribution is -0.120. The summed E-state index contributed by atoms with van der Waals surface area (Å²) in [6.07, 6.45) is 4.36. The highest BCUT2D eigenvalue weighted by molar-refractivity contribution is 5.93. The fourth-order valence-electron chi connectivity index (χ4n) is 4.88. The number of carbonyl (C=O) groups excluding carboxylic acids is 1. The van der Waals surface area contributed by atoms with Gasteiger partial charge in [-0.3, -0.25) is 4.79 Å². The summed E-state index contributed by atoms with van der Waals surface area (Å²) < 4.78 is 1.76. The van der Waals surface area contributed by atoms with Gasteiger partial charge in [0, 0.05) is 5.92 Å². The Labute approximate surface area is 128 Å². The van der Waals surface area contributed by atoms with Gasteiger partial charge in [-0.1, -0.05) is 35.5 Å². The Morgan fingerprint density at radius 2 is 2.00 bits per heavy atom. The number of hydrogen-bond acceptors (Lipinski definition) is 3. The van der Waals surface area contributed by atoms with Crippen molar-refractivity contribution in [1.29, 1.82) is 0 Å². The van der Waals surface area contributed by atoms with E-state index in [-0.39, 0.29) is 11.8 Å². The Morgan fingerprint density at radius 3 is 2.68 bits per heavy atom. The molecule has 1 N–H and O–H groups in total. The molecule has 0 saturated heterocycles. The average molecular weight is 294 g/mol. The molecule has 1 aromatic carbocycles. The van der Waals surface area contributed by atoms with Crippen LogP contribution in [0.3, 0.4) is 0 Å². The third-order valence-electron chi connectivity index (χ3n) is 5.75. The summed E-state index contributed by atoms with van der Waals surface area (Å²) in [5.74, 6) is 3.97. The monoisotopic (exact) mass is 294 g/mol. The number of benzene rings is 1. The van der Waals surface area contributed by atoms with Gasteiger partial charge in [0.1, 0.15) is 0 Å². The summed E-state index contributed by atoms with van der Waals surface area (Å²) >= 11 is 0. The average Bonchev–Trinajstić information content (AvgIpc) is 3.04. The first-order valence-corrected chi connectivity index (χ1v) is 8.04. The van der Waals surface area contributed by atoms with E-state index in [1.54, 1.807) is 4.68 Å². The zero-order chi connectivity index (χ0) is 14.7. The van der Waals surface area contributed by atoms with Crippen molar-refractivity contribution in [3.05, 3.63) is 42.1 Å². The van der Waals surface area contributed by atoms with E-state index >= 15 is 0 Å². The van der Waals surface area contributed by atoms with Crippen LogP contribution in [0.5, 0.6) is 0 Å². The molecular weight excluding hydrogens is 276 g/mol. The van der Waals surface area contributed by atoms with Crippen LogP contribution in [0, 0.1) is 29.6 Å². The minimum atomic E-state index is 0.157. The Hall–Kier alpha value is -2.17. The predicted octanol–water partition coefficient (Wildman–Crippen LogP) is 2.17. The van der Waals surface area contributed by atoms with Crippen LogP contribution < -0.4 is 5.32 Å². The minimum absolute atomic E-state index is 0.157. The van der Waals surface area contributed by atoms with Crippen molar-refractivity contribution in [1.82, 2.24) is 15.0 Å². The summed E-state index contributed by atoms with van der Waals surface area (Å²) in [5, 5.41) is 11.2. The third-order valence-corrected chi connectivity index (χ3v) is 5.75. The van der Waals surface area contributed by atoms with E-state index < -0.39 is 0 Å². The van der Waals surface area contributed by atoms with Gasteiger partial charge in [-0.2, -0.15) is 0 Å². The molecule has 4 aliphatic carbocycles. The van der Waals surface area contributed by atoms with Gasteiger partial charge in [-0.25, -0.2) is 4.68 Å². The van der Waals surface area contributed by atoms with Gasteiger partial charge in [0.25, 0.3) is 0 Å². The van der Waals surface area contributed by atoms with E-state index in [4.69, 9.17) is 0 Å². The SMILES string of the molecule is O=C(Nc1cn(Cc2ccccc2)nn1)C1C2CC3C(C2)C31. The first-order valence-electron chi connectivity index (χ1n) is 8.04. The Balaban J connectivity index is 1.26. The highest BCUT2D eigenvalue weighted by Gasteiger charge is 2.70. The number of hydrogen-bond donors (Lipinski definition) is 1. The fourth-order valence-corrected chi connectivity index (χ4v) is 4.88. The number of carbonyl (C=O) groups is 1. The molecule has 4 aliphatic rings. The van der Waals surface area contributed by atoms with Crippen LogP contribution in [-0.4, -0.2) is 20.9 Å². The molecule has 0 spiro atoms. The zero-order valence-electron chi connectivity index (χ0n) is 12.2. The summed E-state index contributed by atoms with van der Waals surface area (Å²) in [6.45, 7) is 0.669. The van der Waals surface area contributed by atoms with Crippen LogP contribution in [0.2, 0.25) is 0 Å². The topological polar surface area (TPSA) is 59.8 Å². The highest BCUT2D eigenvalue weighted by Crippen LogP contribution is 2.73. The van der Waals surface area contributed by atoms with Gasteiger partial charge in [0.15, 0.2) is 5.82 Å². The van der Waals surface area contributed by atoms with E-state index in [0.717, 1.165) is 11.8 Å². The van der Waals surface area contributed by atoms with E-state index in [9.17, 15) is 4.79 Å². The third kappa shape index (κ3) is 1.81. The summed E-state index contributed by atoms with van der Waals surface area (Å²) in [7, 11) is 0. The molecule has 2 aromatic rings. The van der Waals surface area contributed by atoms with Gasteiger partial charge in [0.2, 0.25) is 5.91 Å². The number of nitrogens with one attached hydrogen (secondary N) is 1.